The molecule has 15 nitrogen and oxygen atoms in total. The lowest BCUT2D eigenvalue weighted by Gasteiger charge is -2.26. The number of carbonyl (C=O) groups excluding carboxylic acids is 4. The van der Waals surface area contributed by atoms with Crippen molar-refractivity contribution in [3.05, 3.63) is 128 Å². The lowest BCUT2D eigenvalue weighted by molar-refractivity contribution is -0.117. The molecule has 306 valence electrons. The third-order valence-corrected chi connectivity index (χ3v) is 14.2. The van der Waals surface area contributed by atoms with Crippen LogP contribution in [0.15, 0.2) is 97.8 Å². The van der Waals surface area contributed by atoms with E-state index in [1.54, 1.807) is 64.7 Å². The Labute approximate surface area is 359 Å². The van der Waals surface area contributed by atoms with E-state index in [1.807, 2.05) is 47.2 Å². The van der Waals surface area contributed by atoms with E-state index in [2.05, 4.69) is 20.6 Å². The van der Waals surface area contributed by atoms with Crippen molar-refractivity contribution in [1.82, 2.24) is 29.7 Å². The van der Waals surface area contributed by atoms with Gasteiger partial charge >= 0.3 is 0 Å². The topological polar surface area (TPSA) is 186 Å². The molecule has 2 aliphatic heterocycles. The smallest absolute Gasteiger partial charge is 0.261 e. The minimum absolute atomic E-state index is 0.0330. The van der Waals surface area contributed by atoms with Gasteiger partial charge in [0.15, 0.2) is 9.84 Å². The molecular formula is C38H34Cl2N8O7S4. The fourth-order valence-electron chi connectivity index (χ4n) is 6.04. The number of nitrogens with zero attached hydrogens (tertiary/aromatic N) is 6. The van der Waals surface area contributed by atoms with Crippen molar-refractivity contribution in [1.29, 1.82) is 0 Å². The SMILES string of the molecule is O=C(NCc1cn(-c2ccc(N3CCS(=O)(=O)CC3=O)cc2)cn1)c1ccc(Cl)s1.O=C(NCc1cn(-c2ccc(N3CCS(=O)CC3=O)cc2)cn1)c1ccc(Cl)s1. The maximum Gasteiger partial charge on any atom is 0.261 e. The molecule has 8 rings (SSSR count). The first-order valence-electron chi connectivity index (χ1n) is 17.8. The molecule has 1 atom stereocenters. The molecule has 0 radical (unpaired) electrons. The summed E-state index contributed by atoms with van der Waals surface area (Å²) >= 11 is 14.1. The monoisotopic (exact) mass is 912 g/mol. The second-order valence-electron chi connectivity index (χ2n) is 13.1. The highest BCUT2D eigenvalue weighted by atomic mass is 35.5. The Morgan fingerprint density at radius 3 is 1.56 bits per heavy atom. The van der Waals surface area contributed by atoms with E-state index in [4.69, 9.17) is 23.2 Å². The van der Waals surface area contributed by atoms with Crippen LogP contribution in [0.4, 0.5) is 11.4 Å². The third kappa shape index (κ3) is 10.7. The highest BCUT2D eigenvalue weighted by molar-refractivity contribution is 7.92. The van der Waals surface area contributed by atoms with Crippen molar-refractivity contribution < 1.29 is 31.8 Å². The first-order chi connectivity index (χ1) is 28.3. The van der Waals surface area contributed by atoms with E-state index in [-0.39, 0.29) is 42.3 Å². The first kappa shape index (κ1) is 42.0. The molecule has 0 spiro atoms. The fourth-order valence-corrected chi connectivity index (χ4v) is 10.1. The number of halogens is 2. The molecular weight excluding hydrogens is 880 g/mol. The Morgan fingerprint density at radius 2 is 1.14 bits per heavy atom. The number of aromatic nitrogens is 4. The van der Waals surface area contributed by atoms with Gasteiger partial charge in [0.05, 0.1) is 61.3 Å². The Kier molecular flexibility index (Phi) is 13.1. The zero-order valence-electron chi connectivity index (χ0n) is 30.8. The highest BCUT2D eigenvalue weighted by Gasteiger charge is 2.29. The Hall–Kier alpha value is -5.18. The average Bonchev–Trinajstić information content (AvgIpc) is 4.05. The van der Waals surface area contributed by atoms with Gasteiger partial charge in [0, 0.05) is 64.8 Å². The van der Waals surface area contributed by atoms with Gasteiger partial charge in [-0.25, -0.2) is 18.4 Å². The van der Waals surface area contributed by atoms with Crippen LogP contribution >= 0.6 is 45.9 Å². The van der Waals surface area contributed by atoms with Crippen LogP contribution in [0.1, 0.15) is 30.7 Å². The van der Waals surface area contributed by atoms with E-state index in [1.165, 1.54) is 27.6 Å². The average molecular weight is 914 g/mol. The number of imidazole rings is 2. The number of hydrogen-bond donors (Lipinski definition) is 2. The van der Waals surface area contributed by atoms with Crippen LogP contribution in [-0.2, 0) is 43.3 Å². The van der Waals surface area contributed by atoms with E-state index in [0.717, 1.165) is 22.8 Å². The van der Waals surface area contributed by atoms with Gasteiger partial charge in [-0.15, -0.1) is 22.7 Å². The van der Waals surface area contributed by atoms with Gasteiger partial charge in [0.1, 0.15) is 11.5 Å². The van der Waals surface area contributed by atoms with E-state index in [9.17, 15) is 31.8 Å². The number of thiophene rings is 2. The van der Waals surface area contributed by atoms with Crippen LogP contribution in [-0.4, -0.2) is 91.5 Å². The number of sulfone groups is 1. The normalized spacial score (nSPS) is 16.3. The number of anilines is 2. The third-order valence-electron chi connectivity index (χ3n) is 9.04. The molecule has 2 fully saturated rings. The van der Waals surface area contributed by atoms with Gasteiger partial charge in [-0.2, -0.15) is 0 Å². The van der Waals surface area contributed by atoms with Gasteiger partial charge in [-0.3, -0.25) is 23.4 Å². The Balaban J connectivity index is 0.000000179. The minimum atomic E-state index is -3.29. The van der Waals surface area contributed by atoms with Crippen LogP contribution in [0.3, 0.4) is 0 Å². The van der Waals surface area contributed by atoms with Gasteiger partial charge < -0.3 is 29.6 Å². The molecule has 4 aromatic heterocycles. The molecule has 6 heterocycles. The molecule has 0 saturated carbocycles. The molecule has 0 bridgehead atoms. The number of hydrogen-bond acceptors (Lipinski definition) is 11. The van der Waals surface area contributed by atoms with Crippen LogP contribution in [0, 0.1) is 0 Å². The Bertz CT molecular complexity index is 2640. The quantitative estimate of drug-likeness (QED) is 0.193. The zero-order chi connectivity index (χ0) is 41.7. The largest absolute Gasteiger partial charge is 0.346 e. The molecule has 2 aromatic carbocycles. The van der Waals surface area contributed by atoms with Gasteiger partial charge in [-0.1, -0.05) is 23.2 Å². The van der Waals surface area contributed by atoms with Crippen molar-refractivity contribution >= 4 is 102 Å². The van der Waals surface area contributed by atoms with Crippen molar-refractivity contribution in [3.8, 4) is 11.4 Å². The molecule has 6 aromatic rings. The molecule has 21 heteroatoms. The maximum absolute atomic E-state index is 12.1. The summed E-state index contributed by atoms with van der Waals surface area (Å²) in [5.41, 5.74) is 4.56. The molecule has 2 aliphatic rings. The zero-order valence-corrected chi connectivity index (χ0v) is 35.6. The summed E-state index contributed by atoms with van der Waals surface area (Å²) in [4.78, 5) is 61.2. The van der Waals surface area contributed by atoms with Crippen LogP contribution in [0.5, 0.6) is 0 Å². The van der Waals surface area contributed by atoms with E-state index >= 15 is 0 Å². The number of rotatable bonds is 10. The fraction of sp³-hybridized carbons (Fsp3) is 0.211. The first-order valence-corrected chi connectivity index (χ1v) is 23.5. The maximum atomic E-state index is 12.1. The molecule has 1 unspecified atom stereocenters. The summed E-state index contributed by atoms with van der Waals surface area (Å²) in [6, 6.07) is 21.4. The van der Waals surface area contributed by atoms with Crippen LogP contribution < -0.4 is 20.4 Å². The predicted molar refractivity (Wildman–Crippen MR) is 229 cm³/mol. The molecule has 59 heavy (non-hydrogen) atoms. The molecule has 2 N–H and O–H groups in total. The second-order valence-corrected chi connectivity index (χ2v) is 20.3. The highest BCUT2D eigenvalue weighted by Crippen LogP contribution is 2.24. The van der Waals surface area contributed by atoms with Crippen molar-refractivity contribution in [2.24, 2.45) is 0 Å². The summed E-state index contributed by atoms with van der Waals surface area (Å²) in [7, 11) is -4.34. The summed E-state index contributed by atoms with van der Waals surface area (Å²) in [5.74, 6) is -0.834. The van der Waals surface area contributed by atoms with Gasteiger partial charge in [-0.05, 0) is 72.8 Å². The second kappa shape index (κ2) is 18.4. The molecule has 4 amide bonds. The van der Waals surface area contributed by atoms with Crippen molar-refractivity contribution in [2.75, 3.05) is 45.9 Å². The van der Waals surface area contributed by atoms with Crippen LogP contribution in [0.2, 0.25) is 8.67 Å². The summed E-state index contributed by atoms with van der Waals surface area (Å²) < 4.78 is 39.4. The van der Waals surface area contributed by atoms with E-state index in [0.29, 0.717) is 48.7 Å². The van der Waals surface area contributed by atoms with Crippen molar-refractivity contribution in [2.45, 2.75) is 13.1 Å². The number of amides is 4. The lowest BCUT2D eigenvalue weighted by atomic mass is 10.2. The number of benzene rings is 2. The predicted octanol–water partition coefficient (Wildman–Crippen LogP) is 4.89. The molecule has 0 aliphatic carbocycles. The Morgan fingerprint density at radius 1 is 0.678 bits per heavy atom. The summed E-state index contributed by atoms with van der Waals surface area (Å²) in [6.07, 6.45) is 6.95. The number of carbonyl (C=O) groups is 4. The summed E-state index contributed by atoms with van der Waals surface area (Å²) in [6.45, 7) is 1.20. The number of nitrogens with one attached hydrogen (secondary N) is 2. The lowest BCUT2D eigenvalue weighted by Crippen LogP contribution is -2.45. The van der Waals surface area contributed by atoms with Crippen molar-refractivity contribution in [3.63, 3.8) is 0 Å². The minimum Gasteiger partial charge on any atom is -0.346 e. The summed E-state index contributed by atoms with van der Waals surface area (Å²) in [5, 5.41) is 5.62. The van der Waals surface area contributed by atoms with Crippen LogP contribution in [0.25, 0.3) is 11.4 Å². The standard InChI is InChI=1S/C19H17ClN4O4S2.C19H17ClN4O3S2/c20-17-6-5-16(29-17)19(26)21-9-13-10-23(12-22-13)14-1-3-15(4-2-14)24-7-8-30(27,28)11-18(24)25;20-17-6-5-16(28-17)19(26)21-9-13-10-23(12-22-13)14-1-3-15(4-2-14)24-7-8-29(27)11-18(24)25/h1-6,10,12H,7-9,11H2,(H,21,26);1-6,10,12H,7-9,11H2,(H,21,26). The van der Waals surface area contributed by atoms with Gasteiger partial charge in [0.2, 0.25) is 11.8 Å². The van der Waals surface area contributed by atoms with Gasteiger partial charge in [0.25, 0.3) is 11.8 Å². The van der Waals surface area contributed by atoms with E-state index < -0.39 is 32.3 Å². The molecule has 2 saturated heterocycles.